The van der Waals surface area contributed by atoms with E-state index in [1.54, 1.807) is 0 Å². The fourth-order valence-corrected chi connectivity index (χ4v) is 2.93. The second-order valence-corrected chi connectivity index (χ2v) is 5.08. The van der Waals surface area contributed by atoms with Crippen LogP contribution >= 0.6 is 0 Å². The summed E-state index contributed by atoms with van der Waals surface area (Å²) in [6, 6.07) is 14.9. The molecule has 2 aromatic rings. The Labute approximate surface area is 119 Å². The van der Waals surface area contributed by atoms with Crippen LogP contribution in [0.3, 0.4) is 0 Å². The Hall–Kier alpha value is -2.09. The third-order valence-corrected chi connectivity index (χ3v) is 3.85. The van der Waals surface area contributed by atoms with E-state index in [-0.39, 0.29) is 5.97 Å². The molecule has 0 saturated heterocycles. The number of hydrogen-bond acceptors (Lipinski definition) is 2. The molecule has 0 aromatic heterocycles. The van der Waals surface area contributed by atoms with Crippen molar-refractivity contribution in [3.63, 3.8) is 0 Å². The van der Waals surface area contributed by atoms with E-state index in [0.29, 0.717) is 13.0 Å². The van der Waals surface area contributed by atoms with E-state index in [2.05, 4.69) is 42.5 Å². The summed E-state index contributed by atoms with van der Waals surface area (Å²) in [4.78, 5) is 11.5. The molecule has 0 atom stereocenters. The average Bonchev–Trinajstić information content (AvgIpc) is 2.84. The summed E-state index contributed by atoms with van der Waals surface area (Å²) < 4.78 is 5.01. The number of carbonyl (C=O) groups excluding carboxylic acids is 1. The second kappa shape index (κ2) is 5.49. The molecule has 0 amide bonds. The highest BCUT2D eigenvalue weighted by Crippen LogP contribution is 2.38. The molecule has 3 rings (SSSR count). The highest BCUT2D eigenvalue weighted by molar-refractivity contribution is 5.78. The van der Waals surface area contributed by atoms with Gasteiger partial charge in [0.25, 0.3) is 0 Å². The third-order valence-electron chi connectivity index (χ3n) is 3.85. The van der Waals surface area contributed by atoms with E-state index in [9.17, 15) is 4.79 Å². The van der Waals surface area contributed by atoms with E-state index in [0.717, 1.165) is 12.8 Å². The lowest BCUT2D eigenvalue weighted by Crippen LogP contribution is -2.06. The topological polar surface area (TPSA) is 26.3 Å². The first-order valence-corrected chi connectivity index (χ1v) is 7.14. The zero-order valence-electron chi connectivity index (χ0n) is 11.7. The first-order chi connectivity index (χ1) is 9.79. The van der Waals surface area contributed by atoms with Gasteiger partial charge >= 0.3 is 5.97 Å². The molecule has 0 spiro atoms. The van der Waals surface area contributed by atoms with Gasteiger partial charge in [-0.05, 0) is 47.6 Å². The maximum Gasteiger partial charge on any atom is 0.306 e. The van der Waals surface area contributed by atoms with Crippen LogP contribution in [0.15, 0.2) is 42.5 Å². The summed E-state index contributed by atoms with van der Waals surface area (Å²) in [6.07, 6.45) is 2.20. The van der Waals surface area contributed by atoms with E-state index in [1.807, 2.05) is 6.92 Å². The molecule has 1 aliphatic carbocycles. The Morgan fingerprint density at radius 2 is 1.90 bits per heavy atom. The second-order valence-electron chi connectivity index (χ2n) is 5.08. The number of ether oxygens (including phenoxy) is 1. The summed E-state index contributed by atoms with van der Waals surface area (Å²) in [5, 5.41) is 0. The minimum absolute atomic E-state index is 0.111. The Morgan fingerprint density at radius 3 is 2.75 bits per heavy atom. The number of hydrogen-bond donors (Lipinski definition) is 0. The molecule has 0 saturated carbocycles. The zero-order valence-corrected chi connectivity index (χ0v) is 11.7. The van der Waals surface area contributed by atoms with Gasteiger partial charge in [0.15, 0.2) is 0 Å². The van der Waals surface area contributed by atoms with Gasteiger partial charge in [0.1, 0.15) is 0 Å². The zero-order chi connectivity index (χ0) is 13.9. The van der Waals surface area contributed by atoms with Crippen molar-refractivity contribution in [3.8, 4) is 11.1 Å². The highest BCUT2D eigenvalue weighted by atomic mass is 16.5. The Morgan fingerprint density at radius 1 is 1.10 bits per heavy atom. The quantitative estimate of drug-likeness (QED) is 0.672. The highest BCUT2D eigenvalue weighted by Gasteiger charge is 2.20. The Kier molecular flexibility index (Phi) is 3.55. The largest absolute Gasteiger partial charge is 0.466 e. The minimum Gasteiger partial charge on any atom is -0.466 e. The molecule has 102 valence electrons. The molecule has 0 heterocycles. The van der Waals surface area contributed by atoms with Gasteiger partial charge in [-0.2, -0.15) is 0 Å². The van der Waals surface area contributed by atoms with Crippen molar-refractivity contribution in [1.29, 1.82) is 0 Å². The number of rotatable bonds is 4. The summed E-state index contributed by atoms with van der Waals surface area (Å²) in [6.45, 7) is 2.30. The number of carbonyl (C=O) groups is 1. The first-order valence-electron chi connectivity index (χ1n) is 7.14. The summed E-state index contributed by atoms with van der Waals surface area (Å²) in [5.74, 6) is -0.111. The third kappa shape index (κ3) is 2.34. The summed E-state index contributed by atoms with van der Waals surface area (Å²) in [5.41, 5.74) is 6.68. The molecular formula is C18H18O2. The summed E-state index contributed by atoms with van der Waals surface area (Å²) in [7, 11) is 0. The van der Waals surface area contributed by atoms with E-state index in [1.165, 1.54) is 27.8 Å². The maximum atomic E-state index is 11.5. The maximum absolute atomic E-state index is 11.5. The van der Waals surface area contributed by atoms with Crippen molar-refractivity contribution < 1.29 is 9.53 Å². The molecule has 2 heteroatoms. The molecule has 0 bridgehead atoms. The van der Waals surface area contributed by atoms with Crippen LogP contribution in [0.4, 0.5) is 0 Å². The molecule has 0 N–H and O–H groups in total. The predicted molar refractivity (Wildman–Crippen MR) is 79.6 cm³/mol. The lowest BCUT2D eigenvalue weighted by Gasteiger charge is -2.08. The van der Waals surface area contributed by atoms with Crippen molar-refractivity contribution in [3.05, 3.63) is 59.2 Å². The van der Waals surface area contributed by atoms with Gasteiger partial charge in [-0.25, -0.2) is 0 Å². The van der Waals surface area contributed by atoms with Crippen LogP contribution in [0.25, 0.3) is 11.1 Å². The Balaban J connectivity index is 1.84. The fraction of sp³-hybridized carbons (Fsp3) is 0.278. The minimum atomic E-state index is -0.111. The molecular weight excluding hydrogens is 248 g/mol. The van der Waals surface area contributed by atoms with Gasteiger partial charge in [-0.3, -0.25) is 4.79 Å². The van der Waals surface area contributed by atoms with Crippen LogP contribution in [0, 0.1) is 0 Å². The lowest BCUT2D eigenvalue weighted by atomic mass is 9.98. The predicted octanol–water partition coefficient (Wildman–Crippen LogP) is 3.75. The van der Waals surface area contributed by atoms with Crippen molar-refractivity contribution in [2.24, 2.45) is 0 Å². The number of fused-ring (bicyclic) bond motifs is 3. The standard InChI is InChI=1S/C18H18O2/c1-2-20-18(19)11-10-13-7-5-9-16-15-8-4-3-6-14(15)12-17(13)16/h3-9H,2,10-12H2,1H3. The van der Waals surface area contributed by atoms with Gasteiger partial charge in [0.2, 0.25) is 0 Å². The van der Waals surface area contributed by atoms with Crippen molar-refractivity contribution in [2.75, 3.05) is 6.61 Å². The van der Waals surface area contributed by atoms with Crippen LogP contribution in [0.2, 0.25) is 0 Å². The molecule has 0 radical (unpaired) electrons. The molecule has 0 fully saturated rings. The number of benzene rings is 2. The Bertz CT molecular complexity index is 644. The summed E-state index contributed by atoms with van der Waals surface area (Å²) >= 11 is 0. The van der Waals surface area contributed by atoms with Gasteiger partial charge in [0.05, 0.1) is 6.61 Å². The molecule has 2 aromatic carbocycles. The van der Waals surface area contributed by atoms with E-state index >= 15 is 0 Å². The smallest absolute Gasteiger partial charge is 0.306 e. The van der Waals surface area contributed by atoms with E-state index in [4.69, 9.17) is 4.74 Å². The fourth-order valence-electron chi connectivity index (χ4n) is 2.93. The van der Waals surface area contributed by atoms with Crippen LogP contribution in [0.1, 0.15) is 30.0 Å². The molecule has 2 nitrogen and oxygen atoms in total. The molecule has 0 unspecified atom stereocenters. The molecule has 0 aliphatic heterocycles. The molecule has 20 heavy (non-hydrogen) atoms. The van der Waals surface area contributed by atoms with Crippen LogP contribution in [0.5, 0.6) is 0 Å². The number of aryl methyl sites for hydroxylation is 1. The van der Waals surface area contributed by atoms with Gasteiger partial charge in [-0.1, -0.05) is 42.5 Å². The van der Waals surface area contributed by atoms with Gasteiger partial charge in [0, 0.05) is 6.42 Å². The monoisotopic (exact) mass is 266 g/mol. The SMILES string of the molecule is CCOC(=O)CCc1cccc2c1Cc1ccccc1-2. The van der Waals surface area contributed by atoms with E-state index < -0.39 is 0 Å². The van der Waals surface area contributed by atoms with Gasteiger partial charge < -0.3 is 4.74 Å². The normalized spacial score (nSPS) is 11.8. The number of esters is 1. The van der Waals surface area contributed by atoms with Crippen molar-refractivity contribution >= 4 is 5.97 Å². The van der Waals surface area contributed by atoms with Gasteiger partial charge in [-0.15, -0.1) is 0 Å². The average molecular weight is 266 g/mol. The lowest BCUT2D eigenvalue weighted by molar-refractivity contribution is -0.143. The first kappa shape index (κ1) is 12.9. The molecule has 1 aliphatic rings. The van der Waals surface area contributed by atoms with Crippen molar-refractivity contribution in [2.45, 2.75) is 26.2 Å². The van der Waals surface area contributed by atoms with Crippen LogP contribution in [-0.2, 0) is 22.4 Å². The van der Waals surface area contributed by atoms with Crippen LogP contribution in [-0.4, -0.2) is 12.6 Å². The van der Waals surface area contributed by atoms with Crippen molar-refractivity contribution in [1.82, 2.24) is 0 Å². The van der Waals surface area contributed by atoms with Crippen LogP contribution < -0.4 is 0 Å².